The molecule has 0 aliphatic heterocycles. The van der Waals surface area contributed by atoms with Gasteiger partial charge in [-0.15, -0.1) is 0 Å². The van der Waals surface area contributed by atoms with Crippen LogP contribution in [0.2, 0.25) is 5.02 Å². The van der Waals surface area contributed by atoms with E-state index in [1.165, 1.54) is 0 Å². The molecule has 5 nitrogen and oxygen atoms in total. The zero-order valence-electron chi connectivity index (χ0n) is 15.8. The number of benzene rings is 3. The number of halogens is 2. The predicted molar refractivity (Wildman–Crippen MR) is 136 cm³/mol. The summed E-state index contributed by atoms with van der Waals surface area (Å²) in [7, 11) is 0. The van der Waals surface area contributed by atoms with Gasteiger partial charge in [0.25, 0.3) is 5.91 Å². The first-order chi connectivity index (χ1) is 14.9. The third-order valence-electron chi connectivity index (χ3n) is 4.50. The van der Waals surface area contributed by atoms with Crippen LogP contribution in [0.4, 0.5) is 5.69 Å². The number of para-hydroxylation sites is 1. The van der Waals surface area contributed by atoms with Gasteiger partial charge in [-0.1, -0.05) is 48.0 Å². The lowest BCUT2D eigenvalue weighted by atomic mass is 10.1. The van der Waals surface area contributed by atoms with Gasteiger partial charge < -0.3 is 9.73 Å². The zero-order chi connectivity index (χ0) is 22.0. The molecule has 31 heavy (non-hydrogen) atoms. The number of rotatable bonds is 3. The van der Waals surface area contributed by atoms with E-state index in [9.17, 15) is 9.59 Å². The summed E-state index contributed by atoms with van der Waals surface area (Å²) in [6.07, 6.45) is 0. The summed E-state index contributed by atoms with van der Waals surface area (Å²) >= 11 is 13.8. The number of carbonyl (C=O) groups is 1. The van der Waals surface area contributed by atoms with Crippen LogP contribution in [0.15, 0.2) is 82.0 Å². The van der Waals surface area contributed by atoms with Gasteiger partial charge in [0.2, 0.25) is 0 Å². The van der Waals surface area contributed by atoms with Gasteiger partial charge in [0.15, 0.2) is 5.11 Å². The highest BCUT2D eigenvalue weighted by molar-refractivity contribution is 14.1. The molecule has 1 amide bonds. The molecular formula is C23H14ClIN2O3S. The summed E-state index contributed by atoms with van der Waals surface area (Å²) in [4.78, 5) is 24.8. The lowest BCUT2D eigenvalue weighted by Crippen LogP contribution is -2.34. The average molecular weight is 561 g/mol. The first-order valence-electron chi connectivity index (χ1n) is 9.12. The molecular weight excluding hydrogens is 547 g/mol. The molecule has 0 radical (unpaired) electrons. The molecule has 4 aromatic rings. The molecule has 8 heteroatoms. The van der Waals surface area contributed by atoms with Crippen molar-refractivity contribution in [3.63, 3.8) is 0 Å². The number of nitrogens with one attached hydrogen (secondary N) is 2. The fourth-order valence-electron chi connectivity index (χ4n) is 3.04. The van der Waals surface area contributed by atoms with Crippen LogP contribution >= 0.6 is 46.4 Å². The van der Waals surface area contributed by atoms with Crippen molar-refractivity contribution in [2.45, 2.75) is 0 Å². The molecule has 0 aliphatic rings. The summed E-state index contributed by atoms with van der Waals surface area (Å²) in [5, 5.41) is 6.87. The third kappa shape index (κ3) is 4.79. The SMILES string of the molecule is O=C(NC(=S)Nc1ccc(-c2cc3ccccc3oc2=O)c(Cl)c1)c1ccccc1I. The molecule has 0 fully saturated rings. The van der Waals surface area contributed by atoms with Crippen molar-refractivity contribution in [2.75, 3.05) is 5.32 Å². The van der Waals surface area contributed by atoms with Crippen LogP contribution in [0.1, 0.15) is 10.4 Å². The number of amides is 1. The van der Waals surface area contributed by atoms with Gasteiger partial charge in [0.1, 0.15) is 5.58 Å². The Kier molecular flexibility index (Phi) is 6.35. The van der Waals surface area contributed by atoms with Crippen molar-refractivity contribution in [3.8, 4) is 11.1 Å². The molecule has 0 saturated heterocycles. The van der Waals surface area contributed by atoms with E-state index in [0.29, 0.717) is 33.0 Å². The highest BCUT2D eigenvalue weighted by atomic mass is 127. The Labute approximate surface area is 201 Å². The molecule has 3 aromatic carbocycles. The average Bonchev–Trinajstić information content (AvgIpc) is 2.74. The summed E-state index contributed by atoms with van der Waals surface area (Å²) in [5.41, 5.74) is 2.06. The van der Waals surface area contributed by atoms with Crippen LogP contribution in [0, 0.1) is 3.57 Å². The van der Waals surface area contributed by atoms with Crippen LogP contribution in [0.25, 0.3) is 22.1 Å². The van der Waals surface area contributed by atoms with Crippen LogP contribution < -0.4 is 16.3 Å². The van der Waals surface area contributed by atoms with Gasteiger partial charge in [-0.3, -0.25) is 10.1 Å². The Morgan fingerprint density at radius 3 is 2.48 bits per heavy atom. The maximum atomic E-state index is 12.4. The maximum Gasteiger partial charge on any atom is 0.344 e. The molecule has 0 saturated carbocycles. The van der Waals surface area contributed by atoms with Crippen molar-refractivity contribution >= 4 is 74.1 Å². The second-order valence-electron chi connectivity index (χ2n) is 6.57. The van der Waals surface area contributed by atoms with Gasteiger partial charge >= 0.3 is 5.63 Å². The van der Waals surface area contributed by atoms with E-state index in [4.69, 9.17) is 28.2 Å². The van der Waals surface area contributed by atoms with Crippen molar-refractivity contribution in [1.82, 2.24) is 5.32 Å². The smallest absolute Gasteiger partial charge is 0.344 e. The van der Waals surface area contributed by atoms with Gasteiger partial charge in [0.05, 0.1) is 16.1 Å². The number of anilines is 1. The lowest BCUT2D eigenvalue weighted by Gasteiger charge is -2.12. The standard InChI is InChI=1S/C23H14ClIN2O3S/c24-18-12-14(26-23(31)27-21(28)16-6-2-3-7-19(16)25)9-10-15(18)17-11-13-5-1-4-8-20(13)30-22(17)29/h1-12H,(H2,26,27,28,31). The van der Waals surface area contributed by atoms with Gasteiger partial charge in [-0.05, 0) is 71.2 Å². The topological polar surface area (TPSA) is 71.3 Å². The maximum absolute atomic E-state index is 12.4. The Balaban J connectivity index is 1.53. The second-order valence-corrected chi connectivity index (χ2v) is 8.55. The van der Waals surface area contributed by atoms with Crippen molar-refractivity contribution in [2.24, 2.45) is 0 Å². The molecule has 0 spiro atoms. The van der Waals surface area contributed by atoms with E-state index in [1.54, 1.807) is 48.5 Å². The Morgan fingerprint density at radius 2 is 1.71 bits per heavy atom. The largest absolute Gasteiger partial charge is 0.422 e. The summed E-state index contributed by atoms with van der Waals surface area (Å²) in [5.74, 6) is -0.306. The summed E-state index contributed by atoms with van der Waals surface area (Å²) in [6, 6.07) is 21.3. The molecule has 154 valence electrons. The number of thiocarbonyl (C=S) groups is 1. The van der Waals surface area contributed by atoms with E-state index >= 15 is 0 Å². The third-order valence-corrected chi connectivity index (χ3v) is 5.96. The minimum atomic E-state index is -0.471. The second kappa shape index (κ2) is 9.17. The molecule has 0 aliphatic carbocycles. The molecule has 0 atom stereocenters. The fraction of sp³-hybridized carbons (Fsp3) is 0. The lowest BCUT2D eigenvalue weighted by molar-refractivity contribution is 0.0977. The Bertz CT molecular complexity index is 1390. The van der Waals surface area contributed by atoms with E-state index in [1.807, 2.05) is 24.3 Å². The zero-order valence-corrected chi connectivity index (χ0v) is 19.5. The minimum Gasteiger partial charge on any atom is -0.422 e. The highest BCUT2D eigenvalue weighted by Crippen LogP contribution is 2.30. The van der Waals surface area contributed by atoms with E-state index in [2.05, 4.69) is 33.2 Å². The number of hydrogen-bond donors (Lipinski definition) is 2. The Morgan fingerprint density at radius 1 is 0.968 bits per heavy atom. The van der Waals surface area contributed by atoms with Crippen LogP contribution in [0.5, 0.6) is 0 Å². The molecule has 4 rings (SSSR count). The summed E-state index contributed by atoms with van der Waals surface area (Å²) < 4.78 is 6.22. The highest BCUT2D eigenvalue weighted by Gasteiger charge is 2.14. The minimum absolute atomic E-state index is 0.138. The molecule has 0 unspecified atom stereocenters. The molecule has 2 N–H and O–H groups in total. The van der Waals surface area contributed by atoms with E-state index in [-0.39, 0.29) is 11.0 Å². The number of carbonyl (C=O) groups excluding carboxylic acids is 1. The van der Waals surface area contributed by atoms with E-state index < -0.39 is 5.63 Å². The first kappa shape index (κ1) is 21.5. The van der Waals surface area contributed by atoms with Gasteiger partial charge in [-0.25, -0.2) is 4.79 Å². The predicted octanol–water partition coefficient (Wildman–Crippen LogP) is 5.84. The van der Waals surface area contributed by atoms with E-state index in [0.717, 1.165) is 8.96 Å². The van der Waals surface area contributed by atoms with Gasteiger partial charge in [-0.2, -0.15) is 0 Å². The molecule has 1 heterocycles. The Hall–Kier alpha value is -2.75. The first-order valence-corrected chi connectivity index (χ1v) is 11.0. The fourth-order valence-corrected chi connectivity index (χ4v) is 4.16. The van der Waals surface area contributed by atoms with Crippen LogP contribution in [-0.2, 0) is 0 Å². The molecule has 0 bridgehead atoms. The quantitative estimate of drug-likeness (QED) is 0.187. The summed E-state index contributed by atoms with van der Waals surface area (Å²) in [6.45, 7) is 0. The van der Waals surface area contributed by atoms with Crippen molar-refractivity contribution < 1.29 is 9.21 Å². The van der Waals surface area contributed by atoms with Crippen molar-refractivity contribution in [1.29, 1.82) is 0 Å². The normalized spacial score (nSPS) is 10.6. The van der Waals surface area contributed by atoms with Crippen LogP contribution in [-0.4, -0.2) is 11.0 Å². The van der Waals surface area contributed by atoms with Crippen LogP contribution in [0.3, 0.4) is 0 Å². The number of fused-ring (bicyclic) bond motifs is 1. The molecule has 1 aromatic heterocycles. The number of hydrogen-bond acceptors (Lipinski definition) is 4. The van der Waals surface area contributed by atoms with Crippen molar-refractivity contribution in [3.05, 3.63) is 97.4 Å². The van der Waals surface area contributed by atoms with Gasteiger partial charge in [0, 0.05) is 20.2 Å². The monoisotopic (exact) mass is 560 g/mol.